The molecule has 0 saturated heterocycles. The van der Waals surface area contributed by atoms with Gasteiger partial charge in [0.2, 0.25) is 0 Å². The van der Waals surface area contributed by atoms with Gasteiger partial charge in [-0.2, -0.15) is 5.26 Å². The van der Waals surface area contributed by atoms with Crippen LogP contribution in [0.25, 0.3) is 16.8 Å². The smallest absolute Gasteiger partial charge is 0.184 e. The van der Waals surface area contributed by atoms with Crippen molar-refractivity contribution in [3.05, 3.63) is 78.6 Å². The lowest BCUT2D eigenvalue weighted by Crippen LogP contribution is -2.19. The van der Waals surface area contributed by atoms with Gasteiger partial charge in [0.1, 0.15) is 0 Å². The van der Waals surface area contributed by atoms with Gasteiger partial charge in [0.25, 0.3) is 0 Å². The number of benzene rings is 2. The van der Waals surface area contributed by atoms with Crippen molar-refractivity contribution in [2.75, 3.05) is 11.4 Å². The molecule has 2 aromatic carbocycles. The van der Waals surface area contributed by atoms with E-state index in [0.717, 1.165) is 11.3 Å². The maximum atomic E-state index is 8.78. The van der Waals surface area contributed by atoms with Gasteiger partial charge in [-0.25, -0.2) is 0 Å². The van der Waals surface area contributed by atoms with Crippen molar-refractivity contribution in [1.82, 2.24) is 4.98 Å². The molecule has 0 saturated carbocycles. The van der Waals surface area contributed by atoms with E-state index in [1.54, 1.807) is 4.90 Å². The maximum absolute atomic E-state index is 8.78. The molecular formula is C19H15N3. The van der Waals surface area contributed by atoms with Crippen molar-refractivity contribution in [1.29, 1.82) is 5.26 Å². The van der Waals surface area contributed by atoms with Crippen molar-refractivity contribution in [3.8, 4) is 6.19 Å². The first-order valence-corrected chi connectivity index (χ1v) is 7.10. The first-order valence-electron chi connectivity index (χ1n) is 7.10. The standard InChI is InChI=1S/C10H8N2.C9H7N/c11-8-12-7-3-5-9-4-1-2-6-10(9)12;1-2-4-9-7-10-6-5-8(9)3-1/h1-6H,7H2;1-7H. The van der Waals surface area contributed by atoms with Gasteiger partial charge < -0.3 is 0 Å². The van der Waals surface area contributed by atoms with Crippen LogP contribution in [-0.4, -0.2) is 11.5 Å². The van der Waals surface area contributed by atoms with Gasteiger partial charge in [0.05, 0.1) is 12.2 Å². The predicted octanol–water partition coefficient (Wildman–Crippen LogP) is 4.24. The van der Waals surface area contributed by atoms with Gasteiger partial charge in [-0.1, -0.05) is 54.6 Å². The van der Waals surface area contributed by atoms with Crippen LogP contribution in [0.1, 0.15) is 5.56 Å². The lowest BCUT2D eigenvalue weighted by Gasteiger charge is -2.19. The normalized spacial score (nSPS) is 12.0. The fourth-order valence-electron chi connectivity index (χ4n) is 2.38. The van der Waals surface area contributed by atoms with Gasteiger partial charge in [-0.15, -0.1) is 0 Å². The van der Waals surface area contributed by atoms with E-state index >= 15 is 0 Å². The van der Waals surface area contributed by atoms with E-state index in [1.165, 1.54) is 10.8 Å². The Hall–Kier alpha value is -3.12. The minimum atomic E-state index is 0.688. The minimum absolute atomic E-state index is 0.688. The van der Waals surface area contributed by atoms with Gasteiger partial charge >= 0.3 is 0 Å². The molecule has 3 heteroatoms. The minimum Gasteiger partial charge on any atom is -0.275 e. The monoisotopic (exact) mass is 285 g/mol. The maximum Gasteiger partial charge on any atom is 0.184 e. The molecule has 0 radical (unpaired) electrons. The summed E-state index contributed by atoms with van der Waals surface area (Å²) < 4.78 is 0. The van der Waals surface area contributed by atoms with Crippen molar-refractivity contribution >= 4 is 22.5 Å². The van der Waals surface area contributed by atoms with E-state index in [-0.39, 0.29) is 0 Å². The summed E-state index contributed by atoms with van der Waals surface area (Å²) in [7, 11) is 0. The van der Waals surface area contributed by atoms with Crippen LogP contribution in [0, 0.1) is 11.5 Å². The van der Waals surface area contributed by atoms with Gasteiger partial charge in [-0.05, 0) is 28.5 Å². The fourth-order valence-corrected chi connectivity index (χ4v) is 2.38. The highest BCUT2D eigenvalue weighted by atomic mass is 15.1. The number of hydrogen-bond donors (Lipinski definition) is 0. The van der Waals surface area contributed by atoms with Gasteiger partial charge in [0.15, 0.2) is 6.19 Å². The van der Waals surface area contributed by atoms with E-state index in [9.17, 15) is 0 Å². The highest BCUT2D eigenvalue weighted by molar-refractivity contribution is 5.81. The van der Waals surface area contributed by atoms with Gasteiger partial charge in [0, 0.05) is 12.4 Å². The third-order valence-corrected chi connectivity index (χ3v) is 3.48. The zero-order valence-electron chi connectivity index (χ0n) is 12.1. The third kappa shape index (κ3) is 2.97. The number of rotatable bonds is 0. The van der Waals surface area contributed by atoms with E-state index in [1.807, 2.05) is 67.0 Å². The Labute approximate surface area is 129 Å². The molecule has 3 nitrogen and oxygen atoms in total. The molecule has 0 unspecified atom stereocenters. The topological polar surface area (TPSA) is 39.9 Å². The van der Waals surface area contributed by atoms with Crippen molar-refractivity contribution < 1.29 is 0 Å². The van der Waals surface area contributed by atoms with Crippen LogP contribution in [0.4, 0.5) is 5.69 Å². The van der Waals surface area contributed by atoms with E-state index in [0.29, 0.717) is 6.54 Å². The highest BCUT2D eigenvalue weighted by Gasteiger charge is 2.10. The second kappa shape index (κ2) is 6.55. The predicted molar refractivity (Wildman–Crippen MR) is 90.2 cm³/mol. The number of nitrogens with zero attached hydrogens (tertiary/aromatic N) is 3. The molecule has 0 atom stereocenters. The molecule has 3 aromatic rings. The van der Waals surface area contributed by atoms with Crippen LogP contribution in [0.5, 0.6) is 0 Å². The van der Waals surface area contributed by atoms with Crippen molar-refractivity contribution in [2.45, 2.75) is 0 Å². The molecule has 2 heterocycles. The zero-order valence-corrected chi connectivity index (χ0v) is 12.1. The van der Waals surface area contributed by atoms with Crippen LogP contribution in [0.15, 0.2) is 73.1 Å². The van der Waals surface area contributed by atoms with Crippen LogP contribution in [-0.2, 0) is 0 Å². The lowest BCUT2D eigenvalue weighted by atomic mass is 10.1. The molecule has 22 heavy (non-hydrogen) atoms. The molecule has 0 fully saturated rings. The largest absolute Gasteiger partial charge is 0.275 e. The Morgan fingerprint density at radius 1 is 0.955 bits per heavy atom. The van der Waals surface area contributed by atoms with E-state index in [4.69, 9.17) is 5.26 Å². The summed E-state index contributed by atoms with van der Waals surface area (Å²) in [6.07, 6.45) is 9.86. The van der Waals surface area contributed by atoms with Crippen molar-refractivity contribution in [2.24, 2.45) is 0 Å². The highest BCUT2D eigenvalue weighted by Crippen LogP contribution is 2.24. The quantitative estimate of drug-likeness (QED) is 0.580. The molecule has 0 bridgehead atoms. The molecule has 0 N–H and O–H groups in total. The van der Waals surface area contributed by atoms with Crippen LogP contribution in [0.3, 0.4) is 0 Å². The summed E-state index contributed by atoms with van der Waals surface area (Å²) in [5.74, 6) is 0. The second-order valence-corrected chi connectivity index (χ2v) is 4.89. The molecule has 1 aliphatic heterocycles. The summed E-state index contributed by atoms with van der Waals surface area (Å²) in [5, 5.41) is 11.2. The average molecular weight is 285 g/mol. The summed E-state index contributed by atoms with van der Waals surface area (Å²) in [6.45, 7) is 0.688. The first kappa shape index (κ1) is 13.8. The summed E-state index contributed by atoms with van der Waals surface area (Å²) in [6, 6.07) is 18.1. The molecule has 0 amide bonds. The Balaban J connectivity index is 0.000000133. The first-order chi connectivity index (χ1) is 10.9. The molecular weight excluding hydrogens is 270 g/mol. The number of hydrogen-bond acceptors (Lipinski definition) is 3. The second-order valence-electron chi connectivity index (χ2n) is 4.89. The summed E-state index contributed by atoms with van der Waals surface area (Å²) >= 11 is 0. The average Bonchev–Trinajstić information content (AvgIpc) is 2.62. The SMILES string of the molecule is N#CN1CC=Cc2ccccc21.c1ccc2cnccc2c1. The fraction of sp³-hybridized carbons (Fsp3) is 0.0526. The molecule has 1 aliphatic rings. The number of nitriles is 1. The molecule has 0 aliphatic carbocycles. The van der Waals surface area contributed by atoms with Gasteiger partial charge in [-0.3, -0.25) is 9.88 Å². The van der Waals surface area contributed by atoms with E-state index in [2.05, 4.69) is 23.3 Å². The Morgan fingerprint density at radius 2 is 1.73 bits per heavy atom. The van der Waals surface area contributed by atoms with Crippen LogP contribution in [0.2, 0.25) is 0 Å². The molecule has 4 rings (SSSR count). The van der Waals surface area contributed by atoms with Crippen LogP contribution >= 0.6 is 0 Å². The lowest BCUT2D eigenvalue weighted by molar-refractivity contribution is 1.08. The Kier molecular flexibility index (Phi) is 4.12. The van der Waals surface area contributed by atoms with Crippen molar-refractivity contribution in [3.63, 3.8) is 0 Å². The zero-order chi connectivity index (χ0) is 15.2. The Bertz CT molecular complexity index is 781. The number of aromatic nitrogens is 1. The molecule has 1 aromatic heterocycles. The summed E-state index contributed by atoms with van der Waals surface area (Å²) in [5.41, 5.74) is 2.12. The molecule has 106 valence electrons. The number of fused-ring (bicyclic) bond motifs is 2. The van der Waals surface area contributed by atoms with Crippen LogP contribution < -0.4 is 4.90 Å². The number of anilines is 1. The number of para-hydroxylation sites is 1. The third-order valence-electron chi connectivity index (χ3n) is 3.48. The molecule has 0 spiro atoms. The summed E-state index contributed by atoms with van der Waals surface area (Å²) in [4.78, 5) is 5.69. The van der Waals surface area contributed by atoms with E-state index < -0.39 is 0 Å². The number of pyridine rings is 1. The Morgan fingerprint density at radius 3 is 2.55 bits per heavy atom.